The van der Waals surface area contributed by atoms with Gasteiger partial charge in [0.05, 0.1) is 23.3 Å². The number of hydrogen-bond donors (Lipinski definition) is 1. The van der Waals surface area contributed by atoms with Crippen molar-refractivity contribution in [2.75, 3.05) is 11.9 Å². The zero-order valence-electron chi connectivity index (χ0n) is 11.5. The zero-order valence-corrected chi connectivity index (χ0v) is 12.4. The molecule has 1 N–H and O–H groups in total. The predicted molar refractivity (Wildman–Crippen MR) is 79.4 cm³/mol. The molecule has 20 heavy (non-hydrogen) atoms. The van der Waals surface area contributed by atoms with E-state index in [1.54, 1.807) is 29.0 Å². The van der Waals surface area contributed by atoms with Gasteiger partial charge in [0, 0.05) is 18.1 Å². The minimum absolute atomic E-state index is 0.281. The second kappa shape index (κ2) is 6.47. The zero-order chi connectivity index (χ0) is 14.5. The van der Waals surface area contributed by atoms with Gasteiger partial charge in [-0.15, -0.1) is 11.3 Å². The summed E-state index contributed by atoms with van der Waals surface area (Å²) in [4.78, 5) is 21.9. The standard InChI is InChI=1S/C14H17N3O2S/c1-3-4-11-5-10(14(18)19)6-13(16-11)17(2)7-12-8-20-9-15-12/h5-6,8-9H,3-4,7H2,1-2H3,(H,18,19). The van der Waals surface area contributed by atoms with Crippen molar-refractivity contribution in [3.63, 3.8) is 0 Å². The number of aromatic nitrogens is 2. The van der Waals surface area contributed by atoms with Crippen molar-refractivity contribution in [3.8, 4) is 0 Å². The van der Waals surface area contributed by atoms with Crippen molar-refractivity contribution >= 4 is 23.1 Å². The molecule has 0 aliphatic carbocycles. The maximum Gasteiger partial charge on any atom is 0.335 e. The molecule has 0 unspecified atom stereocenters. The molecule has 106 valence electrons. The van der Waals surface area contributed by atoms with Gasteiger partial charge < -0.3 is 10.0 Å². The lowest BCUT2D eigenvalue weighted by Crippen LogP contribution is -2.19. The first-order valence-corrected chi connectivity index (χ1v) is 7.37. The number of anilines is 1. The first-order valence-electron chi connectivity index (χ1n) is 6.42. The summed E-state index contributed by atoms with van der Waals surface area (Å²) in [6, 6.07) is 3.25. The fourth-order valence-electron chi connectivity index (χ4n) is 1.91. The molecule has 6 heteroatoms. The minimum Gasteiger partial charge on any atom is -0.478 e. The molecule has 0 fully saturated rings. The van der Waals surface area contributed by atoms with Crippen LogP contribution in [0.2, 0.25) is 0 Å². The van der Waals surface area contributed by atoms with Crippen LogP contribution in [0.5, 0.6) is 0 Å². The highest BCUT2D eigenvalue weighted by atomic mass is 32.1. The average Bonchev–Trinajstić information content (AvgIpc) is 2.91. The first-order chi connectivity index (χ1) is 9.60. The van der Waals surface area contributed by atoms with Crippen molar-refractivity contribution in [3.05, 3.63) is 40.0 Å². The number of carboxylic acids is 1. The Morgan fingerprint density at radius 3 is 2.80 bits per heavy atom. The molecule has 2 aromatic heterocycles. The summed E-state index contributed by atoms with van der Waals surface area (Å²) in [5.74, 6) is -0.255. The Kier molecular flexibility index (Phi) is 4.68. The highest BCUT2D eigenvalue weighted by Gasteiger charge is 2.12. The smallest absolute Gasteiger partial charge is 0.335 e. The summed E-state index contributed by atoms with van der Waals surface area (Å²) in [5.41, 5.74) is 3.83. The number of thiazole rings is 1. The Bertz CT molecular complexity index is 584. The fourth-order valence-corrected chi connectivity index (χ4v) is 2.46. The molecular weight excluding hydrogens is 274 g/mol. The summed E-state index contributed by atoms with van der Waals surface area (Å²) < 4.78 is 0. The van der Waals surface area contributed by atoms with Gasteiger partial charge in [-0.25, -0.2) is 14.8 Å². The Morgan fingerprint density at radius 1 is 1.40 bits per heavy atom. The largest absolute Gasteiger partial charge is 0.478 e. The van der Waals surface area contributed by atoms with Gasteiger partial charge in [0.25, 0.3) is 0 Å². The molecule has 0 aromatic carbocycles. The molecule has 0 saturated carbocycles. The molecule has 2 aromatic rings. The molecule has 0 radical (unpaired) electrons. The van der Waals surface area contributed by atoms with Gasteiger partial charge in [-0.05, 0) is 18.6 Å². The van der Waals surface area contributed by atoms with Crippen LogP contribution in [0.1, 0.15) is 35.1 Å². The van der Waals surface area contributed by atoms with E-state index in [0.29, 0.717) is 12.4 Å². The Labute approximate surface area is 121 Å². The summed E-state index contributed by atoms with van der Waals surface area (Å²) in [6.07, 6.45) is 1.71. The van der Waals surface area contributed by atoms with Crippen LogP contribution in [0.4, 0.5) is 5.82 Å². The van der Waals surface area contributed by atoms with E-state index in [9.17, 15) is 9.90 Å². The van der Waals surface area contributed by atoms with Crippen LogP contribution >= 0.6 is 11.3 Å². The quantitative estimate of drug-likeness (QED) is 0.886. The topological polar surface area (TPSA) is 66.3 Å². The summed E-state index contributed by atoms with van der Waals surface area (Å²) in [6.45, 7) is 2.67. The van der Waals surface area contributed by atoms with Crippen LogP contribution in [0.25, 0.3) is 0 Å². The van der Waals surface area contributed by atoms with E-state index in [2.05, 4.69) is 9.97 Å². The monoisotopic (exact) mass is 291 g/mol. The van der Waals surface area contributed by atoms with E-state index in [1.165, 1.54) is 0 Å². The van der Waals surface area contributed by atoms with Gasteiger partial charge in [0.2, 0.25) is 0 Å². The van der Waals surface area contributed by atoms with Crippen LogP contribution in [-0.4, -0.2) is 28.1 Å². The van der Waals surface area contributed by atoms with Gasteiger partial charge in [-0.2, -0.15) is 0 Å². The van der Waals surface area contributed by atoms with Gasteiger partial charge >= 0.3 is 5.97 Å². The van der Waals surface area contributed by atoms with Crippen molar-refractivity contribution < 1.29 is 9.90 Å². The van der Waals surface area contributed by atoms with E-state index in [4.69, 9.17) is 0 Å². The highest BCUT2D eigenvalue weighted by molar-refractivity contribution is 7.07. The predicted octanol–water partition coefficient (Wildman–Crippen LogP) is 2.83. The third-order valence-electron chi connectivity index (χ3n) is 2.89. The van der Waals surface area contributed by atoms with E-state index >= 15 is 0 Å². The maximum atomic E-state index is 11.2. The fraction of sp³-hybridized carbons (Fsp3) is 0.357. The van der Waals surface area contributed by atoms with Crippen molar-refractivity contribution in [2.24, 2.45) is 0 Å². The lowest BCUT2D eigenvalue weighted by Gasteiger charge is -2.18. The molecule has 2 rings (SSSR count). The summed E-state index contributed by atoms with van der Waals surface area (Å²) in [5, 5.41) is 11.2. The molecule has 0 saturated heterocycles. The highest BCUT2D eigenvalue weighted by Crippen LogP contribution is 2.17. The van der Waals surface area contributed by atoms with E-state index < -0.39 is 5.97 Å². The molecule has 0 atom stereocenters. The van der Waals surface area contributed by atoms with Crippen molar-refractivity contribution in [2.45, 2.75) is 26.3 Å². The Morgan fingerprint density at radius 2 is 2.20 bits per heavy atom. The molecule has 5 nitrogen and oxygen atoms in total. The Hall–Kier alpha value is -1.95. The number of aromatic carboxylic acids is 1. The lowest BCUT2D eigenvalue weighted by molar-refractivity contribution is 0.0696. The average molecular weight is 291 g/mol. The number of rotatable bonds is 6. The second-order valence-electron chi connectivity index (χ2n) is 4.60. The molecule has 0 spiro atoms. The molecule has 0 aliphatic heterocycles. The third kappa shape index (κ3) is 3.54. The van der Waals surface area contributed by atoms with Crippen LogP contribution < -0.4 is 4.90 Å². The summed E-state index contributed by atoms with van der Waals surface area (Å²) >= 11 is 1.54. The molecule has 2 heterocycles. The van der Waals surface area contributed by atoms with E-state index in [1.807, 2.05) is 24.3 Å². The van der Waals surface area contributed by atoms with Gasteiger partial charge in [0.1, 0.15) is 5.82 Å². The number of carbonyl (C=O) groups is 1. The number of carboxylic acid groups (broad SMARTS) is 1. The number of pyridine rings is 1. The van der Waals surface area contributed by atoms with E-state index in [-0.39, 0.29) is 5.56 Å². The summed E-state index contributed by atoms with van der Waals surface area (Å²) in [7, 11) is 1.89. The van der Waals surface area contributed by atoms with Gasteiger partial charge in [0.15, 0.2) is 0 Å². The van der Waals surface area contributed by atoms with Crippen LogP contribution in [-0.2, 0) is 13.0 Å². The first kappa shape index (κ1) is 14.5. The molecule has 0 amide bonds. The number of hydrogen-bond acceptors (Lipinski definition) is 5. The van der Waals surface area contributed by atoms with E-state index in [0.717, 1.165) is 24.2 Å². The third-order valence-corrected chi connectivity index (χ3v) is 3.53. The van der Waals surface area contributed by atoms with Gasteiger partial charge in [-0.1, -0.05) is 13.3 Å². The van der Waals surface area contributed by atoms with Crippen LogP contribution in [0.15, 0.2) is 23.0 Å². The molecule has 0 bridgehead atoms. The molecule has 0 aliphatic rings. The minimum atomic E-state index is -0.923. The van der Waals surface area contributed by atoms with Crippen LogP contribution in [0.3, 0.4) is 0 Å². The number of aryl methyl sites for hydroxylation is 1. The van der Waals surface area contributed by atoms with Crippen molar-refractivity contribution in [1.82, 2.24) is 9.97 Å². The van der Waals surface area contributed by atoms with Crippen molar-refractivity contribution in [1.29, 1.82) is 0 Å². The second-order valence-corrected chi connectivity index (χ2v) is 5.32. The van der Waals surface area contributed by atoms with Gasteiger partial charge in [-0.3, -0.25) is 0 Å². The SMILES string of the molecule is CCCc1cc(C(=O)O)cc(N(C)Cc2cscn2)n1. The maximum absolute atomic E-state index is 11.2. The van der Waals surface area contributed by atoms with Crippen LogP contribution in [0, 0.1) is 0 Å². The number of nitrogens with zero attached hydrogens (tertiary/aromatic N) is 3. The normalized spacial score (nSPS) is 10.5. The molecular formula is C14H17N3O2S. The Balaban J connectivity index is 2.26. The lowest BCUT2D eigenvalue weighted by atomic mass is 10.1.